The summed E-state index contributed by atoms with van der Waals surface area (Å²) in [5, 5.41) is 4.28. The molecular formula is C23H23N5O3. The van der Waals surface area contributed by atoms with Gasteiger partial charge in [0.25, 0.3) is 0 Å². The van der Waals surface area contributed by atoms with Crippen molar-refractivity contribution < 1.29 is 14.3 Å². The summed E-state index contributed by atoms with van der Waals surface area (Å²) in [6.45, 7) is 4.87. The molecule has 1 fully saturated rings. The summed E-state index contributed by atoms with van der Waals surface area (Å²) in [5.74, 6) is 8.28. The lowest BCUT2D eigenvalue weighted by Crippen LogP contribution is -2.30. The zero-order valence-corrected chi connectivity index (χ0v) is 17.4. The molecule has 31 heavy (non-hydrogen) atoms. The topological polar surface area (TPSA) is 92.4 Å². The molecular weight excluding hydrogens is 394 g/mol. The molecule has 1 aromatic carbocycles. The lowest BCUT2D eigenvalue weighted by Gasteiger charge is -2.15. The Morgan fingerprint density at radius 1 is 1.23 bits per heavy atom. The standard InChI is InChI=1S/C23H23N5O3/c1-4-21(29)28-8-7-17(13-28)27-23-20-11-16(26-22(20)24-14-25-23)6-5-15-9-18(30-2)12-19(10-15)31-3/h4,9-12,14,17H,1,7-8,13H2,2-3H3,(H2,24,25,26,27). The van der Waals surface area contributed by atoms with E-state index in [9.17, 15) is 4.79 Å². The number of carbonyl (C=O) groups is 1. The smallest absolute Gasteiger partial charge is 0.246 e. The molecule has 0 spiro atoms. The number of rotatable bonds is 5. The molecule has 1 atom stereocenters. The van der Waals surface area contributed by atoms with E-state index in [1.165, 1.54) is 12.4 Å². The number of nitrogens with one attached hydrogen (secondary N) is 2. The Morgan fingerprint density at radius 2 is 2.00 bits per heavy atom. The first kappa shape index (κ1) is 20.3. The second-order valence-electron chi connectivity index (χ2n) is 7.14. The van der Waals surface area contributed by atoms with Crippen LogP contribution < -0.4 is 14.8 Å². The van der Waals surface area contributed by atoms with Crippen molar-refractivity contribution in [3.05, 3.63) is 54.5 Å². The number of aromatic nitrogens is 3. The number of nitrogens with zero attached hydrogens (tertiary/aromatic N) is 3. The van der Waals surface area contributed by atoms with E-state index < -0.39 is 0 Å². The Morgan fingerprint density at radius 3 is 2.71 bits per heavy atom. The molecule has 0 saturated carbocycles. The lowest BCUT2D eigenvalue weighted by atomic mass is 10.2. The van der Waals surface area contributed by atoms with Gasteiger partial charge >= 0.3 is 0 Å². The molecule has 1 aliphatic heterocycles. The van der Waals surface area contributed by atoms with Crippen LogP contribution in [0.2, 0.25) is 0 Å². The minimum Gasteiger partial charge on any atom is -0.497 e. The Hall–Kier alpha value is -3.99. The largest absolute Gasteiger partial charge is 0.497 e. The van der Waals surface area contributed by atoms with Gasteiger partial charge in [-0.2, -0.15) is 0 Å². The van der Waals surface area contributed by atoms with Crippen LogP contribution in [-0.4, -0.2) is 59.1 Å². The fourth-order valence-corrected chi connectivity index (χ4v) is 3.54. The molecule has 1 aliphatic rings. The third-order valence-electron chi connectivity index (χ3n) is 5.13. The normalized spacial score (nSPS) is 15.3. The van der Waals surface area contributed by atoms with Crippen LogP contribution in [-0.2, 0) is 4.79 Å². The van der Waals surface area contributed by atoms with Gasteiger partial charge in [-0.3, -0.25) is 4.79 Å². The van der Waals surface area contributed by atoms with Crippen LogP contribution in [0.1, 0.15) is 17.7 Å². The maximum Gasteiger partial charge on any atom is 0.246 e. The van der Waals surface area contributed by atoms with Crippen molar-refractivity contribution in [1.29, 1.82) is 0 Å². The highest BCUT2D eigenvalue weighted by molar-refractivity contribution is 5.89. The second kappa shape index (κ2) is 8.79. The van der Waals surface area contributed by atoms with Gasteiger partial charge in [0.2, 0.25) is 5.91 Å². The number of methoxy groups -OCH3 is 2. The van der Waals surface area contributed by atoms with Gasteiger partial charge in [-0.15, -0.1) is 0 Å². The molecule has 2 N–H and O–H groups in total. The van der Waals surface area contributed by atoms with E-state index in [0.717, 1.165) is 28.9 Å². The van der Waals surface area contributed by atoms with Gasteiger partial charge in [0.1, 0.15) is 29.3 Å². The number of anilines is 1. The Labute approximate surface area is 180 Å². The average Bonchev–Trinajstić information content (AvgIpc) is 3.44. The summed E-state index contributed by atoms with van der Waals surface area (Å²) in [6, 6.07) is 7.54. The minimum atomic E-state index is -0.0505. The summed E-state index contributed by atoms with van der Waals surface area (Å²) in [5.41, 5.74) is 2.19. The van der Waals surface area contributed by atoms with E-state index in [1.54, 1.807) is 25.2 Å². The van der Waals surface area contributed by atoms with Crippen LogP contribution in [0.3, 0.4) is 0 Å². The van der Waals surface area contributed by atoms with E-state index in [-0.39, 0.29) is 11.9 Å². The number of likely N-dealkylation sites (tertiary alicyclic amines) is 1. The van der Waals surface area contributed by atoms with Crippen LogP contribution >= 0.6 is 0 Å². The van der Waals surface area contributed by atoms with Crippen LogP contribution in [0.25, 0.3) is 11.0 Å². The summed E-state index contributed by atoms with van der Waals surface area (Å²) in [6.07, 6.45) is 3.70. The molecule has 8 heteroatoms. The minimum absolute atomic E-state index is 0.0505. The van der Waals surface area contributed by atoms with Gasteiger partial charge in [0.05, 0.1) is 25.3 Å². The molecule has 8 nitrogen and oxygen atoms in total. The SMILES string of the molecule is C=CC(=O)N1CCC(Nc2ncnc3[nH]c(C#Cc4cc(OC)cc(OC)c4)cc23)C1. The fraction of sp³-hybridized carbons (Fsp3) is 0.261. The van der Waals surface area contributed by atoms with E-state index in [2.05, 4.69) is 38.7 Å². The quantitative estimate of drug-likeness (QED) is 0.490. The third-order valence-corrected chi connectivity index (χ3v) is 5.13. The number of benzene rings is 1. The number of fused-ring (bicyclic) bond motifs is 1. The van der Waals surface area contributed by atoms with Gasteiger partial charge in [0, 0.05) is 30.8 Å². The van der Waals surface area contributed by atoms with E-state index in [0.29, 0.717) is 30.2 Å². The van der Waals surface area contributed by atoms with Crippen molar-refractivity contribution in [3.8, 4) is 23.3 Å². The third kappa shape index (κ3) is 4.46. The number of aromatic amines is 1. The molecule has 0 aliphatic carbocycles. The summed E-state index contributed by atoms with van der Waals surface area (Å²) < 4.78 is 10.6. The van der Waals surface area contributed by atoms with Crippen molar-refractivity contribution in [2.75, 3.05) is 32.6 Å². The van der Waals surface area contributed by atoms with E-state index in [4.69, 9.17) is 9.47 Å². The van der Waals surface area contributed by atoms with Crippen molar-refractivity contribution >= 4 is 22.8 Å². The molecule has 1 amide bonds. The van der Waals surface area contributed by atoms with Crippen molar-refractivity contribution in [3.63, 3.8) is 0 Å². The first-order chi connectivity index (χ1) is 15.1. The predicted octanol–water partition coefficient (Wildman–Crippen LogP) is 2.57. The van der Waals surface area contributed by atoms with E-state index in [1.807, 2.05) is 18.2 Å². The highest BCUT2D eigenvalue weighted by Crippen LogP contribution is 2.24. The molecule has 4 rings (SSSR count). The summed E-state index contributed by atoms with van der Waals surface area (Å²) in [4.78, 5) is 25.5. The highest BCUT2D eigenvalue weighted by Gasteiger charge is 2.25. The number of hydrogen-bond donors (Lipinski definition) is 2. The van der Waals surface area contributed by atoms with Gasteiger partial charge in [-0.25, -0.2) is 9.97 Å². The Kier molecular flexibility index (Phi) is 5.76. The molecule has 0 radical (unpaired) electrons. The van der Waals surface area contributed by atoms with Gasteiger partial charge in [0.15, 0.2) is 0 Å². The number of hydrogen-bond acceptors (Lipinski definition) is 6. The maximum atomic E-state index is 11.8. The first-order valence-electron chi connectivity index (χ1n) is 9.86. The maximum absolute atomic E-state index is 11.8. The van der Waals surface area contributed by atoms with Crippen LogP contribution in [0, 0.1) is 11.8 Å². The number of amides is 1. The number of ether oxygens (including phenoxy) is 2. The molecule has 0 bridgehead atoms. The fourth-order valence-electron chi connectivity index (χ4n) is 3.54. The molecule has 1 saturated heterocycles. The van der Waals surface area contributed by atoms with Crippen molar-refractivity contribution in [1.82, 2.24) is 19.9 Å². The second-order valence-corrected chi connectivity index (χ2v) is 7.14. The van der Waals surface area contributed by atoms with Crippen LogP contribution in [0.15, 0.2) is 43.2 Å². The van der Waals surface area contributed by atoms with Gasteiger partial charge in [-0.05, 0) is 36.6 Å². The van der Waals surface area contributed by atoms with Crippen molar-refractivity contribution in [2.45, 2.75) is 12.5 Å². The monoisotopic (exact) mass is 417 g/mol. The van der Waals surface area contributed by atoms with E-state index >= 15 is 0 Å². The Bertz CT molecular complexity index is 1170. The molecule has 158 valence electrons. The predicted molar refractivity (Wildman–Crippen MR) is 118 cm³/mol. The van der Waals surface area contributed by atoms with Crippen LogP contribution in [0.5, 0.6) is 11.5 Å². The zero-order valence-electron chi connectivity index (χ0n) is 17.4. The molecule has 3 heterocycles. The number of H-pyrrole nitrogens is 1. The van der Waals surface area contributed by atoms with Crippen LogP contribution in [0.4, 0.5) is 5.82 Å². The summed E-state index contributed by atoms with van der Waals surface area (Å²) in [7, 11) is 3.21. The zero-order chi connectivity index (χ0) is 21.8. The molecule has 1 unspecified atom stereocenters. The summed E-state index contributed by atoms with van der Waals surface area (Å²) >= 11 is 0. The first-order valence-corrected chi connectivity index (χ1v) is 9.86. The van der Waals surface area contributed by atoms with Gasteiger partial charge in [-0.1, -0.05) is 12.5 Å². The highest BCUT2D eigenvalue weighted by atomic mass is 16.5. The Balaban J connectivity index is 1.56. The van der Waals surface area contributed by atoms with Crippen molar-refractivity contribution in [2.24, 2.45) is 0 Å². The number of carbonyl (C=O) groups excluding carboxylic acids is 1. The lowest BCUT2D eigenvalue weighted by molar-refractivity contribution is -0.125. The molecule has 3 aromatic rings. The molecule has 2 aromatic heterocycles. The average molecular weight is 417 g/mol. The van der Waals surface area contributed by atoms with Gasteiger partial charge < -0.3 is 24.7 Å².